The number of pyridine rings is 1. The molecule has 0 aliphatic carbocycles. The zero-order valence-electron chi connectivity index (χ0n) is 9.87. The summed E-state index contributed by atoms with van der Waals surface area (Å²) in [6, 6.07) is 4.21. The van der Waals surface area contributed by atoms with E-state index in [1.807, 2.05) is 0 Å². The zero-order valence-corrected chi connectivity index (χ0v) is 11.4. The van der Waals surface area contributed by atoms with Crippen LogP contribution in [-0.2, 0) is 0 Å². The lowest BCUT2D eigenvalue weighted by molar-refractivity contribution is 0.242. The molecule has 18 heavy (non-hydrogen) atoms. The molecule has 1 fully saturated rings. The SMILES string of the molecule is N#CCN1CCC(Nc2ncc(Cl)cc2Cl)CC1. The van der Waals surface area contributed by atoms with Gasteiger partial charge in [0.15, 0.2) is 0 Å². The largest absolute Gasteiger partial charge is 0.366 e. The molecule has 0 spiro atoms. The first-order valence-electron chi connectivity index (χ1n) is 5.86. The van der Waals surface area contributed by atoms with Gasteiger partial charge in [-0.3, -0.25) is 4.90 Å². The first-order chi connectivity index (χ1) is 8.69. The standard InChI is InChI=1S/C12H14Cl2N4/c13-9-7-11(14)12(16-8-9)17-10-1-4-18(5-2-10)6-3-15/h7-8,10H,1-2,4-6H2,(H,16,17). The molecular formula is C12H14Cl2N4. The molecule has 1 aromatic heterocycles. The van der Waals surface area contributed by atoms with Gasteiger partial charge in [0.05, 0.1) is 22.7 Å². The molecule has 2 heterocycles. The Balaban J connectivity index is 1.90. The van der Waals surface area contributed by atoms with Crippen molar-refractivity contribution in [2.24, 2.45) is 0 Å². The van der Waals surface area contributed by atoms with Gasteiger partial charge < -0.3 is 5.32 Å². The molecule has 1 aliphatic rings. The Morgan fingerprint density at radius 2 is 2.17 bits per heavy atom. The maximum atomic E-state index is 8.63. The summed E-state index contributed by atoms with van der Waals surface area (Å²) in [6.07, 6.45) is 3.56. The average Bonchev–Trinajstić information content (AvgIpc) is 2.35. The summed E-state index contributed by atoms with van der Waals surface area (Å²) in [4.78, 5) is 6.33. The number of likely N-dealkylation sites (tertiary alicyclic amines) is 1. The second kappa shape index (κ2) is 6.24. The average molecular weight is 285 g/mol. The number of rotatable bonds is 3. The number of piperidine rings is 1. The van der Waals surface area contributed by atoms with E-state index >= 15 is 0 Å². The summed E-state index contributed by atoms with van der Waals surface area (Å²) in [5.41, 5.74) is 0. The van der Waals surface area contributed by atoms with Gasteiger partial charge in [-0.25, -0.2) is 4.98 Å². The normalized spacial score (nSPS) is 17.4. The first-order valence-corrected chi connectivity index (χ1v) is 6.61. The zero-order chi connectivity index (χ0) is 13.0. The number of anilines is 1. The quantitative estimate of drug-likeness (QED) is 0.868. The van der Waals surface area contributed by atoms with Crippen LogP contribution in [0.15, 0.2) is 12.3 Å². The summed E-state index contributed by atoms with van der Waals surface area (Å²) in [6.45, 7) is 2.36. The van der Waals surface area contributed by atoms with E-state index in [4.69, 9.17) is 28.5 Å². The minimum absolute atomic E-state index is 0.353. The lowest BCUT2D eigenvalue weighted by Crippen LogP contribution is -2.39. The Kier molecular flexibility index (Phi) is 4.65. The van der Waals surface area contributed by atoms with Crippen molar-refractivity contribution in [2.45, 2.75) is 18.9 Å². The van der Waals surface area contributed by atoms with Gasteiger partial charge in [-0.05, 0) is 18.9 Å². The van der Waals surface area contributed by atoms with E-state index in [0.29, 0.717) is 28.4 Å². The fourth-order valence-corrected chi connectivity index (χ4v) is 2.48. The lowest BCUT2D eigenvalue weighted by atomic mass is 10.1. The van der Waals surface area contributed by atoms with Gasteiger partial charge in [0, 0.05) is 25.3 Å². The lowest BCUT2D eigenvalue weighted by Gasteiger charge is -2.31. The number of hydrogen-bond acceptors (Lipinski definition) is 4. The van der Waals surface area contributed by atoms with Gasteiger partial charge in [-0.15, -0.1) is 0 Å². The molecule has 96 valence electrons. The Hall–Kier alpha value is -1.02. The number of hydrogen-bond donors (Lipinski definition) is 1. The van der Waals surface area contributed by atoms with E-state index in [-0.39, 0.29) is 0 Å². The summed E-state index contributed by atoms with van der Waals surface area (Å²) < 4.78 is 0. The molecule has 4 nitrogen and oxygen atoms in total. The molecule has 0 bridgehead atoms. The highest BCUT2D eigenvalue weighted by molar-refractivity contribution is 6.35. The highest BCUT2D eigenvalue weighted by Crippen LogP contribution is 2.24. The maximum Gasteiger partial charge on any atom is 0.145 e. The van der Waals surface area contributed by atoms with Crippen LogP contribution in [-0.4, -0.2) is 35.6 Å². The third kappa shape index (κ3) is 3.49. The van der Waals surface area contributed by atoms with Crippen molar-refractivity contribution in [1.82, 2.24) is 9.88 Å². The van der Waals surface area contributed by atoms with Crippen LogP contribution in [0.1, 0.15) is 12.8 Å². The predicted octanol–water partition coefficient (Wildman–Crippen LogP) is 2.79. The van der Waals surface area contributed by atoms with Crippen LogP contribution in [0.5, 0.6) is 0 Å². The van der Waals surface area contributed by atoms with Gasteiger partial charge in [-0.2, -0.15) is 5.26 Å². The van der Waals surface area contributed by atoms with Crippen LogP contribution in [0.4, 0.5) is 5.82 Å². The molecular weight excluding hydrogens is 271 g/mol. The van der Waals surface area contributed by atoms with Crippen molar-refractivity contribution in [3.8, 4) is 6.07 Å². The van der Waals surface area contributed by atoms with Crippen molar-refractivity contribution < 1.29 is 0 Å². The number of aromatic nitrogens is 1. The summed E-state index contributed by atoms with van der Waals surface area (Å²) in [5, 5.41) is 13.0. The number of nitriles is 1. The molecule has 2 rings (SSSR count). The smallest absolute Gasteiger partial charge is 0.145 e. The van der Waals surface area contributed by atoms with Gasteiger partial charge in [0.1, 0.15) is 5.82 Å². The van der Waals surface area contributed by atoms with Crippen molar-refractivity contribution in [1.29, 1.82) is 5.26 Å². The highest BCUT2D eigenvalue weighted by Gasteiger charge is 2.19. The fraction of sp³-hybridized carbons (Fsp3) is 0.500. The molecule has 0 unspecified atom stereocenters. The van der Waals surface area contributed by atoms with Crippen molar-refractivity contribution in [3.05, 3.63) is 22.3 Å². The number of nitrogens with zero attached hydrogens (tertiary/aromatic N) is 3. The van der Waals surface area contributed by atoms with E-state index in [0.717, 1.165) is 25.9 Å². The van der Waals surface area contributed by atoms with E-state index in [1.165, 1.54) is 0 Å². The Morgan fingerprint density at radius 1 is 1.44 bits per heavy atom. The molecule has 0 radical (unpaired) electrons. The number of halogens is 2. The Morgan fingerprint density at radius 3 is 2.78 bits per heavy atom. The molecule has 1 saturated heterocycles. The van der Waals surface area contributed by atoms with E-state index in [1.54, 1.807) is 12.3 Å². The molecule has 0 amide bonds. The predicted molar refractivity (Wildman–Crippen MR) is 73.0 cm³/mol. The summed E-state index contributed by atoms with van der Waals surface area (Å²) in [5.74, 6) is 0.680. The molecule has 1 aromatic rings. The molecule has 0 aromatic carbocycles. The van der Waals surface area contributed by atoms with Crippen LogP contribution < -0.4 is 5.32 Å². The van der Waals surface area contributed by atoms with Gasteiger partial charge in [0.25, 0.3) is 0 Å². The monoisotopic (exact) mass is 284 g/mol. The third-order valence-corrected chi connectivity index (χ3v) is 3.53. The molecule has 1 N–H and O–H groups in total. The summed E-state index contributed by atoms with van der Waals surface area (Å²) in [7, 11) is 0. The molecule has 6 heteroatoms. The van der Waals surface area contributed by atoms with Crippen LogP contribution >= 0.6 is 23.2 Å². The van der Waals surface area contributed by atoms with Crippen LogP contribution in [0.3, 0.4) is 0 Å². The van der Waals surface area contributed by atoms with E-state index < -0.39 is 0 Å². The van der Waals surface area contributed by atoms with E-state index in [9.17, 15) is 0 Å². The first kappa shape index (κ1) is 13.4. The second-order valence-corrected chi connectivity index (χ2v) is 5.18. The highest BCUT2D eigenvalue weighted by atomic mass is 35.5. The maximum absolute atomic E-state index is 8.63. The van der Waals surface area contributed by atoms with Crippen LogP contribution in [0, 0.1) is 11.3 Å². The Labute approximate surface area is 117 Å². The summed E-state index contributed by atoms with van der Waals surface area (Å²) >= 11 is 11.9. The Bertz CT molecular complexity index is 450. The second-order valence-electron chi connectivity index (χ2n) is 4.34. The third-order valence-electron chi connectivity index (χ3n) is 3.03. The topological polar surface area (TPSA) is 52.0 Å². The molecule has 0 atom stereocenters. The minimum Gasteiger partial charge on any atom is -0.366 e. The van der Waals surface area contributed by atoms with E-state index in [2.05, 4.69) is 21.3 Å². The fourth-order valence-electron chi connectivity index (χ4n) is 2.05. The van der Waals surface area contributed by atoms with Gasteiger partial charge >= 0.3 is 0 Å². The van der Waals surface area contributed by atoms with Gasteiger partial charge in [0.2, 0.25) is 0 Å². The molecule has 1 aliphatic heterocycles. The van der Waals surface area contributed by atoms with Crippen LogP contribution in [0.2, 0.25) is 10.0 Å². The number of nitrogens with one attached hydrogen (secondary N) is 1. The van der Waals surface area contributed by atoms with Crippen LogP contribution in [0.25, 0.3) is 0 Å². The van der Waals surface area contributed by atoms with Gasteiger partial charge in [-0.1, -0.05) is 23.2 Å². The van der Waals surface area contributed by atoms with Crippen molar-refractivity contribution in [2.75, 3.05) is 25.0 Å². The minimum atomic E-state index is 0.353. The van der Waals surface area contributed by atoms with Crippen molar-refractivity contribution in [3.63, 3.8) is 0 Å². The van der Waals surface area contributed by atoms with Crippen molar-refractivity contribution >= 4 is 29.0 Å². The molecule has 0 saturated carbocycles.